The Morgan fingerprint density at radius 2 is 1.65 bits per heavy atom. The van der Waals surface area contributed by atoms with E-state index in [0.29, 0.717) is 5.39 Å². The largest absolute Gasteiger partial charge is 0.293 e. The van der Waals surface area contributed by atoms with E-state index in [4.69, 9.17) is 0 Å². The Hall–Kier alpha value is -2.49. The fraction of sp³-hybridized carbons (Fsp3) is 0. The molecular weight excluding hydrogens is 214 g/mol. The standard InChI is InChI=1S/C13H11N3O/c17-13-11-8-4-5-9-12(11)15-16(13)14-10-6-2-1-3-7-10/h1-9,14-15H. The monoisotopic (exact) mass is 225 g/mol. The van der Waals surface area contributed by atoms with Crippen LogP contribution in [0.2, 0.25) is 0 Å². The smallest absolute Gasteiger partial charge is 0.277 e. The van der Waals surface area contributed by atoms with Crippen molar-refractivity contribution < 1.29 is 0 Å². The number of H-pyrrole nitrogens is 1. The third-order valence-electron chi connectivity index (χ3n) is 2.61. The summed E-state index contributed by atoms with van der Waals surface area (Å²) in [5.74, 6) is 0. The third kappa shape index (κ3) is 1.69. The van der Waals surface area contributed by atoms with E-state index in [1.54, 1.807) is 6.07 Å². The van der Waals surface area contributed by atoms with E-state index < -0.39 is 0 Å². The maximum absolute atomic E-state index is 12.0. The van der Waals surface area contributed by atoms with Crippen LogP contribution in [0, 0.1) is 0 Å². The minimum atomic E-state index is -0.0792. The van der Waals surface area contributed by atoms with E-state index in [0.717, 1.165) is 11.2 Å². The number of nitrogens with one attached hydrogen (secondary N) is 2. The fourth-order valence-corrected chi connectivity index (χ4v) is 1.78. The summed E-state index contributed by atoms with van der Waals surface area (Å²) in [6, 6.07) is 17.0. The molecule has 0 spiro atoms. The van der Waals surface area contributed by atoms with Crippen LogP contribution in [-0.2, 0) is 0 Å². The lowest BCUT2D eigenvalue weighted by molar-refractivity contribution is 0.787. The highest BCUT2D eigenvalue weighted by atomic mass is 16.1. The Balaban J connectivity index is 2.07. The average molecular weight is 225 g/mol. The van der Waals surface area contributed by atoms with Crippen LogP contribution in [0.1, 0.15) is 0 Å². The molecule has 0 saturated carbocycles. The molecule has 0 fully saturated rings. The summed E-state index contributed by atoms with van der Waals surface area (Å²) in [7, 11) is 0. The fourth-order valence-electron chi connectivity index (χ4n) is 1.78. The molecule has 1 aromatic heterocycles. The van der Waals surface area contributed by atoms with Gasteiger partial charge in [0.05, 0.1) is 16.6 Å². The molecule has 0 aliphatic heterocycles. The van der Waals surface area contributed by atoms with Crippen LogP contribution in [0.5, 0.6) is 0 Å². The number of anilines is 1. The summed E-state index contributed by atoms with van der Waals surface area (Å²) in [6.45, 7) is 0. The van der Waals surface area contributed by atoms with Gasteiger partial charge in [-0.15, -0.1) is 0 Å². The molecule has 0 radical (unpaired) electrons. The Morgan fingerprint density at radius 3 is 2.41 bits per heavy atom. The van der Waals surface area contributed by atoms with Crippen LogP contribution in [0.25, 0.3) is 10.9 Å². The SMILES string of the molecule is O=c1c2ccccc2[nH]n1Nc1ccccc1. The Kier molecular flexibility index (Phi) is 2.19. The Labute approximate surface area is 97.5 Å². The van der Waals surface area contributed by atoms with Crippen molar-refractivity contribution in [3.05, 3.63) is 65.0 Å². The van der Waals surface area contributed by atoms with Gasteiger partial charge in [-0.3, -0.25) is 15.3 Å². The van der Waals surface area contributed by atoms with Gasteiger partial charge in [0, 0.05) is 0 Å². The summed E-state index contributed by atoms with van der Waals surface area (Å²) in [5, 5.41) is 3.68. The highest BCUT2D eigenvalue weighted by molar-refractivity contribution is 5.77. The lowest BCUT2D eigenvalue weighted by atomic mass is 10.3. The summed E-state index contributed by atoms with van der Waals surface area (Å²) in [6.07, 6.45) is 0. The highest BCUT2D eigenvalue weighted by Crippen LogP contribution is 2.08. The zero-order valence-corrected chi connectivity index (χ0v) is 9.05. The first kappa shape index (κ1) is 9.72. The number of fused-ring (bicyclic) bond motifs is 1. The number of aromatic nitrogens is 2. The van der Waals surface area contributed by atoms with E-state index in [2.05, 4.69) is 10.5 Å². The van der Waals surface area contributed by atoms with Gasteiger partial charge in [0.25, 0.3) is 5.56 Å². The molecule has 0 unspecified atom stereocenters. The number of rotatable bonds is 2. The minimum absolute atomic E-state index is 0.0792. The van der Waals surface area contributed by atoms with Crippen LogP contribution in [0.3, 0.4) is 0 Å². The van der Waals surface area contributed by atoms with E-state index >= 15 is 0 Å². The summed E-state index contributed by atoms with van der Waals surface area (Å²) in [5.41, 5.74) is 4.61. The average Bonchev–Trinajstić information content (AvgIpc) is 2.68. The van der Waals surface area contributed by atoms with Crippen molar-refractivity contribution in [1.82, 2.24) is 9.89 Å². The summed E-state index contributed by atoms with van der Waals surface area (Å²) < 4.78 is 0. The van der Waals surface area contributed by atoms with Gasteiger partial charge in [0.1, 0.15) is 0 Å². The lowest BCUT2D eigenvalue weighted by Crippen LogP contribution is -2.23. The van der Waals surface area contributed by atoms with Crippen LogP contribution in [-0.4, -0.2) is 9.89 Å². The molecule has 2 aromatic carbocycles. The van der Waals surface area contributed by atoms with Crippen LogP contribution in [0.15, 0.2) is 59.4 Å². The molecule has 1 heterocycles. The van der Waals surface area contributed by atoms with E-state index in [9.17, 15) is 4.79 Å². The molecule has 17 heavy (non-hydrogen) atoms. The Bertz CT molecular complexity index is 697. The van der Waals surface area contributed by atoms with Crippen molar-refractivity contribution in [2.45, 2.75) is 0 Å². The van der Waals surface area contributed by atoms with Crippen molar-refractivity contribution in [2.24, 2.45) is 0 Å². The number of hydrogen-bond donors (Lipinski definition) is 2. The molecule has 2 N–H and O–H groups in total. The number of nitrogens with zero attached hydrogens (tertiary/aromatic N) is 1. The Morgan fingerprint density at radius 1 is 0.941 bits per heavy atom. The zero-order chi connectivity index (χ0) is 11.7. The first-order valence-corrected chi connectivity index (χ1v) is 5.36. The molecule has 0 aliphatic rings. The van der Waals surface area contributed by atoms with Crippen molar-refractivity contribution in [2.75, 3.05) is 5.43 Å². The first-order chi connectivity index (χ1) is 8.34. The van der Waals surface area contributed by atoms with E-state index in [-0.39, 0.29) is 5.56 Å². The second-order valence-corrected chi connectivity index (χ2v) is 3.78. The second-order valence-electron chi connectivity index (χ2n) is 3.78. The second kappa shape index (κ2) is 3.83. The molecule has 0 amide bonds. The maximum atomic E-state index is 12.0. The molecule has 0 saturated heterocycles. The molecule has 3 aromatic rings. The van der Waals surface area contributed by atoms with Crippen molar-refractivity contribution >= 4 is 16.6 Å². The maximum Gasteiger partial charge on any atom is 0.293 e. The van der Waals surface area contributed by atoms with Gasteiger partial charge in [-0.05, 0) is 24.3 Å². The molecule has 3 rings (SSSR count). The normalized spacial score (nSPS) is 10.6. The van der Waals surface area contributed by atoms with E-state index in [1.165, 1.54) is 4.79 Å². The zero-order valence-electron chi connectivity index (χ0n) is 9.05. The molecule has 4 heteroatoms. The van der Waals surface area contributed by atoms with Gasteiger partial charge in [-0.25, -0.2) is 0 Å². The number of hydrogen-bond acceptors (Lipinski definition) is 2. The highest BCUT2D eigenvalue weighted by Gasteiger charge is 2.04. The van der Waals surface area contributed by atoms with Gasteiger partial charge >= 0.3 is 0 Å². The minimum Gasteiger partial charge on any atom is -0.277 e. The first-order valence-electron chi connectivity index (χ1n) is 5.36. The van der Waals surface area contributed by atoms with Gasteiger partial charge < -0.3 is 0 Å². The molecular formula is C13H11N3O. The molecule has 0 bridgehead atoms. The lowest BCUT2D eigenvalue weighted by Gasteiger charge is -2.04. The molecule has 84 valence electrons. The topological polar surface area (TPSA) is 49.8 Å². The number of aromatic amines is 1. The van der Waals surface area contributed by atoms with Crippen molar-refractivity contribution in [3.63, 3.8) is 0 Å². The third-order valence-corrected chi connectivity index (χ3v) is 2.61. The quantitative estimate of drug-likeness (QED) is 0.702. The predicted molar refractivity (Wildman–Crippen MR) is 68.0 cm³/mol. The van der Waals surface area contributed by atoms with E-state index in [1.807, 2.05) is 48.5 Å². The van der Waals surface area contributed by atoms with Crippen LogP contribution in [0.4, 0.5) is 5.69 Å². The summed E-state index contributed by atoms with van der Waals surface area (Å²) in [4.78, 5) is 13.4. The molecule has 0 atom stereocenters. The van der Waals surface area contributed by atoms with Gasteiger partial charge in [0.15, 0.2) is 0 Å². The number of para-hydroxylation sites is 2. The van der Waals surface area contributed by atoms with Gasteiger partial charge in [-0.1, -0.05) is 30.3 Å². The van der Waals surface area contributed by atoms with Crippen LogP contribution >= 0.6 is 0 Å². The van der Waals surface area contributed by atoms with Crippen LogP contribution < -0.4 is 11.0 Å². The van der Waals surface area contributed by atoms with Gasteiger partial charge in [-0.2, -0.15) is 4.79 Å². The number of benzene rings is 2. The summed E-state index contributed by atoms with van der Waals surface area (Å²) >= 11 is 0. The van der Waals surface area contributed by atoms with Crippen molar-refractivity contribution in [1.29, 1.82) is 0 Å². The molecule has 0 aliphatic carbocycles. The van der Waals surface area contributed by atoms with Gasteiger partial charge in [0.2, 0.25) is 0 Å². The predicted octanol–water partition coefficient (Wildman–Crippen LogP) is 2.20. The van der Waals surface area contributed by atoms with Crippen molar-refractivity contribution in [3.8, 4) is 0 Å². The molecule has 4 nitrogen and oxygen atoms in total.